The quantitative estimate of drug-likeness (QED) is 0.557. The van der Waals surface area contributed by atoms with E-state index in [0.717, 1.165) is 18.5 Å². The van der Waals surface area contributed by atoms with Crippen LogP contribution in [0.25, 0.3) is 0 Å². The molecule has 3 nitrogen and oxygen atoms in total. The number of halogens is 1. The topological polar surface area (TPSA) is 42.9 Å². The van der Waals surface area contributed by atoms with Crippen LogP contribution in [0.3, 0.4) is 0 Å². The molecule has 1 heterocycles. The third-order valence-electron chi connectivity index (χ3n) is 2.32. The number of carbonyl (C=O) groups excluding carboxylic acids is 1. The first kappa shape index (κ1) is 9.59. The van der Waals surface area contributed by atoms with Crippen LogP contribution >= 0.6 is 11.6 Å². The number of hydrogen-bond donors (Lipinski definition) is 0. The second-order valence-corrected chi connectivity index (χ2v) is 4.01. The summed E-state index contributed by atoms with van der Waals surface area (Å²) in [6, 6.07) is 0. The van der Waals surface area contributed by atoms with Crippen molar-refractivity contribution < 1.29 is 4.79 Å². The second-order valence-electron chi connectivity index (χ2n) is 3.65. The van der Waals surface area contributed by atoms with E-state index in [9.17, 15) is 4.79 Å². The number of rotatable bonds is 2. The van der Waals surface area contributed by atoms with E-state index in [2.05, 4.69) is 9.97 Å². The molecular weight excluding hydrogens is 200 g/mol. The molecule has 1 saturated carbocycles. The number of aryl methyl sites for hydroxylation is 1. The standard InChI is InChI=1S/C10H11ClN2O/c1-5(14)8-9(7-3-4-7)12-6(2)13-10(8)11/h7H,3-4H2,1-2H3. The van der Waals surface area contributed by atoms with Gasteiger partial charge in [-0.2, -0.15) is 0 Å². The first-order valence-electron chi connectivity index (χ1n) is 4.64. The number of aromatic nitrogens is 2. The Bertz CT molecular complexity index is 399. The van der Waals surface area contributed by atoms with Crippen molar-refractivity contribution in [1.29, 1.82) is 0 Å². The number of carbonyl (C=O) groups is 1. The first-order chi connectivity index (χ1) is 6.59. The van der Waals surface area contributed by atoms with Crippen molar-refractivity contribution in [3.63, 3.8) is 0 Å². The lowest BCUT2D eigenvalue weighted by Crippen LogP contribution is -2.06. The van der Waals surface area contributed by atoms with Gasteiger partial charge in [0.1, 0.15) is 11.0 Å². The van der Waals surface area contributed by atoms with Crippen molar-refractivity contribution in [2.75, 3.05) is 0 Å². The van der Waals surface area contributed by atoms with Crippen LogP contribution in [-0.2, 0) is 0 Å². The zero-order valence-electron chi connectivity index (χ0n) is 8.17. The maximum atomic E-state index is 11.4. The van der Waals surface area contributed by atoms with E-state index in [1.807, 2.05) is 0 Å². The van der Waals surface area contributed by atoms with Crippen LogP contribution in [0.15, 0.2) is 0 Å². The third-order valence-corrected chi connectivity index (χ3v) is 2.59. The molecule has 0 radical (unpaired) electrons. The molecule has 1 aliphatic rings. The fraction of sp³-hybridized carbons (Fsp3) is 0.500. The Hall–Kier alpha value is -0.960. The molecule has 1 fully saturated rings. The predicted octanol–water partition coefficient (Wildman–Crippen LogP) is 2.52. The summed E-state index contributed by atoms with van der Waals surface area (Å²) in [5, 5.41) is 0.298. The Balaban J connectivity index is 2.58. The zero-order valence-corrected chi connectivity index (χ0v) is 8.93. The van der Waals surface area contributed by atoms with Gasteiger partial charge in [-0.25, -0.2) is 9.97 Å². The molecule has 0 spiro atoms. The predicted molar refractivity (Wildman–Crippen MR) is 53.8 cm³/mol. The Labute approximate surface area is 87.5 Å². The molecule has 0 saturated heterocycles. The third kappa shape index (κ3) is 1.64. The van der Waals surface area contributed by atoms with Crippen LogP contribution in [0.5, 0.6) is 0 Å². The van der Waals surface area contributed by atoms with Gasteiger partial charge >= 0.3 is 0 Å². The maximum absolute atomic E-state index is 11.4. The number of hydrogen-bond acceptors (Lipinski definition) is 3. The minimum atomic E-state index is -0.0445. The van der Waals surface area contributed by atoms with E-state index >= 15 is 0 Å². The molecule has 1 aliphatic carbocycles. The first-order valence-corrected chi connectivity index (χ1v) is 5.02. The number of Topliss-reactive ketones (excluding diaryl/α,β-unsaturated/α-hetero) is 1. The number of ketones is 1. The van der Waals surface area contributed by atoms with Gasteiger partial charge in [0.2, 0.25) is 0 Å². The highest BCUT2D eigenvalue weighted by molar-refractivity contribution is 6.32. The molecule has 1 aromatic heterocycles. The SMILES string of the molecule is CC(=O)c1c(Cl)nc(C)nc1C1CC1. The van der Waals surface area contributed by atoms with E-state index < -0.39 is 0 Å². The van der Waals surface area contributed by atoms with Crippen LogP contribution in [0.2, 0.25) is 5.15 Å². The van der Waals surface area contributed by atoms with E-state index in [1.165, 1.54) is 6.92 Å². The van der Waals surface area contributed by atoms with Crippen LogP contribution in [0, 0.1) is 6.92 Å². The van der Waals surface area contributed by atoms with E-state index in [4.69, 9.17) is 11.6 Å². The van der Waals surface area contributed by atoms with Gasteiger partial charge in [-0.1, -0.05) is 11.6 Å². The van der Waals surface area contributed by atoms with Crippen molar-refractivity contribution in [3.05, 3.63) is 22.2 Å². The summed E-state index contributed by atoms with van der Waals surface area (Å²) in [5.74, 6) is 1.02. The average molecular weight is 211 g/mol. The van der Waals surface area contributed by atoms with Gasteiger partial charge in [-0.05, 0) is 26.7 Å². The van der Waals surface area contributed by atoms with Crippen molar-refractivity contribution >= 4 is 17.4 Å². The lowest BCUT2D eigenvalue weighted by atomic mass is 10.1. The lowest BCUT2D eigenvalue weighted by Gasteiger charge is -2.06. The smallest absolute Gasteiger partial charge is 0.164 e. The molecule has 2 rings (SSSR count). The lowest BCUT2D eigenvalue weighted by molar-refractivity contribution is 0.101. The van der Waals surface area contributed by atoms with Crippen LogP contribution in [-0.4, -0.2) is 15.8 Å². The van der Waals surface area contributed by atoms with Gasteiger partial charge in [0.05, 0.1) is 11.3 Å². The van der Waals surface area contributed by atoms with E-state index in [1.54, 1.807) is 6.92 Å². The molecule has 0 aromatic carbocycles. The molecule has 14 heavy (non-hydrogen) atoms. The monoisotopic (exact) mass is 210 g/mol. The molecular formula is C10H11ClN2O. The minimum absolute atomic E-state index is 0.0445. The molecule has 0 atom stereocenters. The summed E-state index contributed by atoms with van der Waals surface area (Å²) in [6.07, 6.45) is 2.21. The summed E-state index contributed by atoms with van der Waals surface area (Å²) < 4.78 is 0. The van der Waals surface area contributed by atoms with Gasteiger partial charge in [-0.3, -0.25) is 4.79 Å². The van der Waals surface area contributed by atoms with Gasteiger partial charge in [-0.15, -0.1) is 0 Å². The van der Waals surface area contributed by atoms with Crippen LogP contribution < -0.4 is 0 Å². The van der Waals surface area contributed by atoms with Gasteiger partial charge < -0.3 is 0 Å². The molecule has 1 aromatic rings. The molecule has 0 N–H and O–H groups in total. The van der Waals surface area contributed by atoms with Crippen molar-refractivity contribution in [2.24, 2.45) is 0 Å². The molecule has 0 unspecified atom stereocenters. The highest BCUT2D eigenvalue weighted by atomic mass is 35.5. The van der Waals surface area contributed by atoms with Crippen molar-refractivity contribution in [2.45, 2.75) is 32.6 Å². The molecule has 0 amide bonds. The summed E-state index contributed by atoms with van der Waals surface area (Å²) in [6.45, 7) is 3.30. The molecule has 0 aliphatic heterocycles. The van der Waals surface area contributed by atoms with Gasteiger partial charge in [0.15, 0.2) is 5.78 Å². The van der Waals surface area contributed by atoms with Crippen molar-refractivity contribution in [3.8, 4) is 0 Å². The zero-order chi connectivity index (χ0) is 10.3. The van der Waals surface area contributed by atoms with Gasteiger partial charge in [0.25, 0.3) is 0 Å². The van der Waals surface area contributed by atoms with Crippen LogP contribution in [0.1, 0.15) is 47.6 Å². The molecule has 0 bridgehead atoms. The van der Waals surface area contributed by atoms with E-state index in [-0.39, 0.29) is 5.78 Å². The molecule has 4 heteroatoms. The fourth-order valence-electron chi connectivity index (χ4n) is 1.54. The van der Waals surface area contributed by atoms with E-state index in [0.29, 0.717) is 22.5 Å². The average Bonchev–Trinajstić information content (AvgIpc) is 2.82. The van der Waals surface area contributed by atoms with Crippen LogP contribution in [0.4, 0.5) is 0 Å². The highest BCUT2D eigenvalue weighted by Crippen LogP contribution is 2.41. The van der Waals surface area contributed by atoms with Gasteiger partial charge in [0, 0.05) is 5.92 Å². The Morgan fingerprint density at radius 2 is 2.07 bits per heavy atom. The van der Waals surface area contributed by atoms with Crippen molar-refractivity contribution in [1.82, 2.24) is 9.97 Å². The normalized spacial score (nSPS) is 15.6. The maximum Gasteiger partial charge on any atom is 0.164 e. The Morgan fingerprint density at radius 1 is 1.43 bits per heavy atom. The minimum Gasteiger partial charge on any atom is -0.294 e. The fourth-order valence-corrected chi connectivity index (χ4v) is 1.89. The summed E-state index contributed by atoms with van der Waals surface area (Å²) in [4.78, 5) is 19.7. The Kier molecular flexibility index (Phi) is 2.27. The second kappa shape index (κ2) is 3.31. The molecule has 74 valence electrons. The largest absolute Gasteiger partial charge is 0.294 e. The highest BCUT2D eigenvalue weighted by Gasteiger charge is 2.30. The summed E-state index contributed by atoms with van der Waals surface area (Å²) in [7, 11) is 0. The summed E-state index contributed by atoms with van der Waals surface area (Å²) in [5.41, 5.74) is 1.36. The summed E-state index contributed by atoms with van der Waals surface area (Å²) >= 11 is 5.93. The Morgan fingerprint density at radius 3 is 2.57 bits per heavy atom. The number of nitrogens with zero attached hydrogens (tertiary/aromatic N) is 2.